The molecule has 1 aromatic heterocycles. The zero-order chi connectivity index (χ0) is 11.0. The summed E-state index contributed by atoms with van der Waals surface area (Å²) in [7, 11) is 0. The summed E-state index contributed by atoms with van der Waals surface area (Å²) < 4.78 is 4.99. The molecule has 1 heterocycles. The Morgan fingerprint density at radius 2 is 2.33 bits per heavy atom. The van der Waals surface area contributed by atoms with Crippen LogP contribution >= 0.6 is 0 Å². The second-order valence-electron chi connectivity index (χ2n) is 3.25. The van der Waals surface area contributed by atoms with E-state index in [1.165, 1.54) is 12.1 Å². The molecular weight excluding hydrogens is 196 g/mol. The van der Waals surface area contributed by atoms with Crippen LogP contribution in [0.4, 0.5) is 5.69 Å². The molecule has 0 fully saturated rings. The van der Waals surface area contributed by atoms with Crippen molar-refractivity contribution in [2.45, 2.75) is 6.92 Å². The quantitative estimate of drug-likeness (QED) is 0.557. The lowest BCUT2D eigenvalue weighted by molar-refractivity contribution is -0.384. The number of hydrogen-bond donors (Lipinski definition) is 0. The normalized spacial score (nSPS) is 10.5. The highest BCUT2D eigenvalue weighted by molar-refractivity contribution is 5.89. The van der Waals surface area contributed by atoms with Gasteiger partial charge in [0.25, 0.3) is 5.69 Å². The smallest absolute Gasteiger partial charge is 0.273 e. The Balaban J connectivity index is 2.66. The summed E-state index contributed by atoms with van der Waals surface area (Å²) in [6.45, 7) is 5.55. The highest BCUT2D eigenvalue weighted by Crippen LogP contribution is 2.26. The molecule has 2 aromatic rings. The maximum atomic E-state index is 10.5. The van der Waals surface area contributed by atoms with E-state index in [2.05, 4.69) is 11.7 Å². The van der Waals surface area contributed by atoms with Crippen LogP contribution in [-0.2, 0) is 0 Å². The lowest BCUT2D eigenvalue weighted by Crippen LogP contribution is -1.86. The minimum atomic E-state index is -0.470. The van der Waals surface area contributed by atoms with E-state index in [1.807, 2.05) is 0 Å². The SMILES string of the molecule is C=C(C)c1noc2cc([N+](=O)[O-])ccc12. The molecular formula is C10H8N2O3. The van der Waals surface area contributed by atoms with Gasteiger partial charge in [0, 0.05) is 11.5 Å². The monoisotopic (exact) mass is 204 g/mol. The highest BCUT2D eigenvalue weighted by atomic mass is 16.6. The minimum absolute atomic E-state index is 0.00749. The lowest BCUT2D eigenvalue weighted by atomic mass is 10.1. The van der Waals surface area contributed by atoms with Gasteiger partial charge >= 0.3 is 0 Å². The van der Waals surface area contributed by atoms with E-state index >= 15 is 0 Å². The standard InChI is InChI=1S/C10H8N2O3/c1-6(2)10-8-4-3-7(12(13)14)5-9(8)15-11-10/h3-5H,1H2,2H3. The Hall–Kier alpha value is -2.17. The molecule has 0 atom stereocenters. The van der Waals surface area contributed by atoms with Crippen molar-refractivity contribution in [3.8, 4) is 0 Å². The summed E-state index contributed by atoms with van der Waals surface area (Å²) in [5.41, 5.74) is 1.80. The van der Waals surface area contributed by atoms with E-state index in [1.54, 1.807) is 13.0 Å². The third-order valence-electron chi connectivity index (χ3n) is 2.07. The van der Waals surface area contributed by atoms with Crippen molar-refractivity contribution in [2.24, 2.45) is 0 Å². The number of aromatic nitrogens is 1. The van der Waals surface area contributed by atoms with Crippen LogP contribution in [0.5, 0.6) is 0 Å². The van der Waals surface area contributed by atoms with Gasteiger partial charge in [-0.05, 0) is 18.6 Å². The molecule has 15 heavy (non-hydrogen) atoms. The van der Waals surface area contributed by atoms with Gasteiger partial charge in [-0.15, -0.1) is 0 Å². The van der Waals surface area contributed by atoms with Crippen molar-refractivity contribution in [3.63, 3.8) is 0 Å². The molecule has 0 aliphatic carbocycles. The zero-order valence-corrected chi connectivity index (χ0v) is 8.06. The summed E-state index contributed by atoms with van der Waals surface area (Å²) >= 11 is 0. The van der Waals surface area contributed by atoms with Crippen LogP contribution in [0.2, 0.25) is 0 Å². The van der Waals surface area contributed by atoms with Crippen molar-refractivity contribution < 1.29 is 9.45 Å². The Morgan fingerprint density at radius 3 is 2.93 bits per heavy atom. The number of nitrogens with zero attached hydrogens (tertiary/aromatic N) is 2. The number of hydrogen-bond acceptors (Lipinski definition) is 4. The first kappa shape index (κ1) is 9.39. The second kappa shape index (κ2) is 3.20. The third-order valence-corrected chi connectivity index (χ3v) is 2.07. The van der Waals surface area contributed by atoms with Crippen molar-refractivity contribution in [1.29, 1.82) is 0 Å². The van der Waals surface area contributed by atoms with Gasteiger partial charge in [-0.3, -0.25) is 10.1 Å². The molecule has 0 amide bonds. The first-order valence-electron chi connectivity index (χ1n) is 4.29. The van der Waals surface area contributed by atoms with Crippen LogP contribution < -0.4 is 0 Å². The highest BCUT2D eigenvalue weighted by Gasteiger charge is 2.13. The van der Waals surface area contributed by atoms with Crippen molar-refractivity contribution in [1.82, 2.24) is 5.16 Å². The van der Waals surface area contributed by atoms with E-state index in [0.29, 0.717) is 11.3 Å². The van der Waals surface area contributed by atoms with Crippen molar-refractivity contribution in [2.75, 3.05) is 0 Å². The fourth-order valence-corrected chi connectivity index (χ4v) is 1.35. The Labute approximate surface area is 85.1 Å². The van der Waals surface area contributed by atoms with Gasteiger partial charge in [-0.1, -0.05) is 11.7 Å². The van der Waals surface area contributed by atoms with E-state index in [9.17, 15) is 10.1 Å². The molecule has 0 unspecified atom stereocenters. The van der Waals surface area contributed by atoms with Gasteiger partial charge in [0.1, 0.15) is 5.69 Å². The number of allylic oxidation sites excluding steroid dienone is 1. The summed E-state index contributed by atoms with van der Waals surface area (Å²) in [5, 5.41) is 15.1. The van der Waals surface area contributed by atoms with Crippen LogP contribution in [0.15, 0.2) is 29.3 Å². The van der Waals surface area contributed by atoms with Crippen LogP contribution in [0.3, 0.4) is 0 Å². The number of nitro groups is 1. The molecule has 0 radical (unpaired) electrons. The average molecular weight is 204 g/mol. The fourth-order valence-electron chi connectivity index (χ4n) is 1.35. The van der Waals surface area contributed by atoms with Gasteiger partial charge in [-0.2, -0.15) is 0 Å². The van der Waals surface area contributed by atoms with Crippen LogP contribution in [0.25, 0.3) is 16.5 Å². The van der Waals surface area contributed by atoms with Crippen molar-refractivity contribution >= 4 is 22.2 Å². The minimum Gasteiger partial charge on any atom is -0.355 e. The summed E-state index contributed by atoms with van der Waals surface area (Å²) in [6.07, 6.45) is 0. The number of nitro benzene ring substituents is 1. The number of benzene rings is 1. The molecule has 2 rings (SSSR count). The Bertz CT molecular complexity index is 557. The topological polar surface area (TPSA) is 69.2 Å². The second-order valence-corrected chi connectivity index (χ2v) is 3.25. The van der Waals surface area contributed by atoms with Crippen molar-refractivity contribution in [3.05, 3.63) is 40.6 Å². The maximum Gasteiger partial charge on any atom is 0.273 e. The Morgan fingerprint density at radius 1 is 1.60 bits per heavy atom. The third kappa shape index (κ3) is 1.48. The summed E-state index contributed by atoms with van der Waals surface area (Å²) in [6, 6.07) is 4.40. The molecule has 0 saturated carbocycles. The molecule has 0 saturated heterocycles. The number of rotatable bonds is 2. The summed E-state index contributed by atoms with van der Waals surface area (Å²) in [5.74, 6) is 0. The molecule has 5 nitrogen and oxygen atoms in total. The predicted molar refractivity (Wildman–Crippen MR) is 55.4 cm³/mol. The molecule has 0 N–H and O–H groups in total. The molecule has 5 heteroatoms. The molecule has 0 bridgehead atoms. The fraction of sp³-hybridized carbons (Fsp3) is 0.100. The largest absolute Gasteiger partial charge is 0.355 e. The lowest BCUT2D eigenvalue weighted by Gasteiger charge is -1.92. The van der Waals surface area contributed by atoms with E-state index < -0.39 is 4.92 Å². The van der Waals surface area contributed by atoms with Crippen LogP contribution in [0.1, 0.15) is 12.6 Å². The van der Waals surface area contributed by atoms with Gasteiger partial charge in [0.05, 0.1) is 11.0 Å². The predicted octanol–water partition coefficient (Wildman–Crippen LogP) is 2.77. The molecule has 0 aliphatic rings. The molecule has 1 aromatic carbocycles. The number of fused-ring (bicyclic) bond motifs is 1. The summed E-state index contributed by atoms with van der Waals surface area (Å²) in [4.78, 5) is 10.0. The number of non-ortho nitro benzene ring substituents is 1. The van der Waals surface area contributed by atoms with Crippen LogP contribution in [0, 0.1) is 10.1 Å². The van der Waals surface area contributed by atoms with E-state index in [4.69, 9.17) is 4.52 Å². The molecule has 0 aliphatic heterocycles. The first-order valence-corrected chi connectivity index (χ1v) is 4.29. The first-order chi connectivity index (χ1) is 7.09. The zero-order valence-electron chi connectivity index (χ0n) is 8.06. The van der Waals surface area contributed by atoms with E-state index in [0.717, 1.165) is 11.0 Å². The van der Waals surface area contributed by atoms with Gasteiger partial charge < -0.3 is 4.52 Å². The van der Waals surface area contributed by atoms with E-state index in [-0.39, 0.29) is 5.69 Å². The van der Waals surface area contributed by atoms with Crippen LogP contribution in [-0.4, -0.2) is 10.1 Å². The molecule has 76 valence electrons. The maximum absolute atomic E-state index is 10.5. The van der Waals surface area contributed by atoms with Gasteiger partial charge in [0.15, 0.2) is 5.58 Å². The molecule has 0 spiro atoms. The van der Waals surface area contributed by atoms with Gasteiger partial charge in [-0.25, -0.2) is 0 Å². The Kier molecular flexibility index (Phi) is 2.00. The van der Waals surface area contributed by atoms with Gasteiger partial charge in [0.2, 0.25) is 0 Å². The average Bonchev–Trinajstić information content (AvgIpc) is 2.59.